The highest BCUT2D eigenvalue weighted by atomic mass is 16.4. The molecule has 0 saturated heterocycles. The molecule has 0 radical (unpaired) electrons. The number of hydrogen-bond donors (Lipinski definition) is 3. The smallest absolute Gasteiger partial charge is 0.350 e. The second kappa shape index (κ2) is 8.10. The molecule has 7 heteroatoms. The fraction of sp³-hybridized carbons (Fsp3) is 0.900. The Kier molecular flexibility index (Phi) is 7.60. The van der Waals surface area contributed by atoms with E-state index in [1.807, 2.05) is 6.92 Å². The van der Waals surface area contributed by atoms with E-state index in [0.29, 0.717) is 19.4 Å². The summed E-state index contributed by atoms with van der Waals surface area (Å²) in [6, 6.07) is 0. The Morgan fingerprint density at radius 2 is 1.94 bits per heavy atom. The first kappa shape index (κ1) is 16.0. The highest BCUT2D eigenvalue weighted by molar-refractivity contribution is 5.78. The molecule has 0 amide bonds. The van der Waals surface area contributed by atoms with Gasteiger partial charge in [0.25, 0.3) is 5.66 Å². The lowest BCUT2D eigenvalue weighted by molar-refractivity contribution is -0.153. The van der Waals surface area contributed by atoms with E-state index in [0.717, 1.165) is 0 Å². The summed E-state index contributed by atoms with van der Waals surface area (Å²) in [5, 5.41) is 29.5. The summed E-state index contributed by atoms with van der Waals surface area (Å²) in [7, 11) is 0. The standard InChI is InChI=1S/C10H20N2O5/c1-2-5-12(6-3-7-13)10(11-17,4-8-14)9(15)16/h13-14H,2-8H2,1H3,(H,15,16)/t10-/m0/s1. The quantitative estimate of drug-likeness (QED) is 0.470. The summed E-state index contributed by atoms with van der Waals surface area (Å²) in [6.45, 7) is 1.95. The fourth-order valence-electron chi connectivity index (χ4n) is 1.71. The van der Waals surface area contributed by atoms with E-state index < -0.39 is 18.2 Å². The lowest BCUT2D eigenvalue weighted by Gasteiger charge is -2.34. The molecule has 0 spiro atoms. The molecule has 0 aliphatic heterocycles. The van der Waals surface area contributed by atoms with Gasteiger partial charge in [0.05, 0.1) is 0 Å². The van der Waals surface area contributed by atoms with E-state index in [-0.39, 0.29) is 19.6 Å². The van der Waals surface area contributed by atoms with Gasteiger partial charge >= 0.3 is 5.97 Å². The van der Waals surface area contributed by atoms with Crippen LogP contribution in [0.4, 0.5) is 0 Å². The molecule has 17 heavy (non-hydrogen) atoms. The Balaban J connectivity index is 5.02. The largest absolute Gasteiger partial charge is 0.478 e. The summed E-state index contributed by atoms with van der Waals surface area (Å²) in [4.78, 5) is 23.5. The molecular weight excluding hydrogens is 228 g/mol. The van der Waals surface area contributed by atoms with E-state index in [4.69, 9.17) is 15.3 Å². The maximum Gasteiger partial charge on any atom is 0.350 e. The first-order chi connectivity index (χ1) is 8.08. The third-order valence-corrected chi connectivity index (χ3v) is 2.56. The first-order valence-electron chi connectivity index (χ1n) is 5.63. The van der Waals surface area contributed by atoms with Gasteiger partial charge in [-0.1, -0.05) is 6.92 Å². The van der Waals surface area contributed by atoms with Crippen LogP contribution in [0.1, 0.15) is 26.2 Å². The predicted molar refractivity (Wildman–Crippen MR) is 61.4 cm³/mol. The van der Waals surface area contributed by atoms with Crippen molar-refractivity contribution in [3.8, 4) is 0 Å². The second-order valence-corrected chi connectivity index (χ2v) is 3.75. The molecule has 0 unspecified atom stereocenters. The van der Waals surface area contributed by atoms with Crippen LogP contribution in [-0.4, -0.2) is 58.2 Å². The van der Waals surface area contributed by atoms with Gasteiger partial charge in [-0.3, -0.25) is 4.90 Å². The number of nitroso groups, excluding NO2 is 1. The van der Waals surface area contributed by atoms with Crippen LogP contribution in [0.15, 0.2) is 5.18 Å². The van der Waals surface area contributed by atoms with Crippen molar-refractivity contribution in [3.63, 3.8) is 0 Å². The Labute approximate surface area is 100 Å². The van der Waals surface area contributed by atoms with Crippen molar-refractivity contribution in [1.29, 1.82) is 0 Å². The average Bonchev–Trinajstić information content (AvgIpc) is 2.31. The molecule has 3 N–H and O–H groups in total. The van der Waals surface area contributed by atoms with E-state index in [9.17, 15) is 9.70 Å². The van der Waals surface area contributed by atoms with Crippen molar-refractivity contribution in [2.75, 3.05) is 26.3 Å². The zero-order valence-corrected chi connectivity index (χ0v) is 10.0. The summed E-state index contributed by atoms with van der Waals surface area (Å²) in [5.41, 5.74) is -1.93. The van der Waals surface area contributed by atoms with Crippen LogP contribution in [0.5, 0.6) is 0 Å². The van der Waals surface area contributed by atoms with Crippen LogP contribution in [0.25, 0.3) is 0 Å². The highest BCUT2D eigenvalue weighted by Gasteiger charge is 2.45. The minimum atomic E-state index is -1.93. The average molecular weight is 248 g/mol. The van der Waals surface area contributed by atoms with E-state index in [1.165, 1.54) is 4.90 Å². The maximum atomic E-state index is 11.2. The van der Waals surface area contributed by atoms with Gasteiger partial charge < -0.3 is 15.3 Å². The molecule has 0 fully saturated rings. The van der Waals surface area contributed by atoms with Crippen LogP contribution < -0.4 is 0 Å². The van der Waals surface area contributed by atoms with Gasteiger partial charge in [-0.25, -0.2) is 4.79 Å². The zero-order valence-electron chi connectivity index (χ0n) is 10.0. The SMILES string of the molecule is CCCN(CCCO)[C@](CCO)(N=O)C(=O)O. The number of aliphatic hydroxyl groups excluding tert-OH is 2. The van der Waals surface area contributed by atoms with Crippen LogP contribution in [-0.2, 0) is 4.79 Å². The predicted octanol–water partition coefficient (Wildman–Crippen LogP) is 0.0105. The van der Waals surface area contributed by atoms with Crippen LogP contribution in [0.2, 0.25) is 0 Å². The molecule has 7 nitrogen and oxygen atoms in total. The number of aliphatic carboxylic acids is 1. The van der Waals surface area contributed by atoms with Gasteiger partial charge in [-0.2, -0.15) is 0 Å². The van der Waals surface area contributed by atoms with Gasteiger partial charge in [0.1, 0.15) is 0 Å². The molecule has 0 aromatic heterocycles. The van der Waals surface area contributed by atoms with Crippen molar-refractivity contribution < 1.29 is 20.1 Å². The van der Waals surface area contributed by atoms with Crippen LogP contribution >= 0.6 is 0 Å². The lowest BCUT2D eigenvalue weighted by Crippen LogP contribution is -2.54. The molecule has 0 aliphatic carbocycles. The Bertz CT molecular complexity index is 249. The number of hydrogen-bond acceptors (Lipinski definition) is 6. The molecule has 0 aromatic rings. The summed E-state index contributed by atoms with van der Waals surface area (Å²) in [6.07, 6.45) is 0.759. The minimum absolute atomic E-state index is 0.0894. The number of carbonyl (C=O) groups is 1. The molecule has 1 atom stereocenters. The van der Waals surface area contributed by atoms with Gasteiger partial charge in [-0.15, -0.1) is 4.91 Å². The first-order valence-corrected chi connectivity index (χ1v) is 5.63. The van der Waals surface area contributed by atoms with Gasteiger partial charge in [0.2, 0.25) is 0 Å². The van der Waals surface area contributed by atoms with Gasteiger partial charge in [0.15, 0.2) is 0 Å². The Hall–Kier alpha value is -1.05. The van der Waals surface area contributed by atoms with Crippen molar-refractivity contribution >= 4 is 5.97 Å². The molecule has 0 rings (SSSR count). The van der Waals surface area contributed by atoms with E-state index >= 15 is 0 Å². The molecular formula is C10H20N2O5. The second-order valence-electron chi connectivity index (χ2n) is 3.75. The molecule has 0 saturated carbocycles. The van der Waals surface area contributed by atoms with Gasteiger partial charge in [0, 0.05) is 32.7 Å². The Morgan fingerprint density at radius 1 is 1.29 bits per heavy atom. The van der Waals surface area contributed by atoms with Crippen molar-refractivity contribution in [3.05, 3.63) is 4.91 Å². The van der Waals surface area contributed by atoms with Crippen LogP contribution in [0, 0.1) is 4.91 Å². The van der Waals surface area contributed by atoms with Crippen molar-refractivity contribution in [2.24, 2.45) is 5.18 Å². The number of nitrogens with zero attached hydrogens (tertiary/aromatic N) is 2. The topological polar surface area (TPSA) is 110 Å². The molecule has 0 heterocycles. The maximum absolute atomic E-state index is 11.2. The van der Waals surface area contributed by atoms with Crippen molar-refractivity contribution in [1.82, 2.24) is 4.90 Å². The number of carboxylic acids is 1. The monoisotopic (exact) mass is 248 g/mol. The number of carboxylic acid groups (broad SMARTS) is 1. The highest BCUT2D eigenvalue weighted by Crippen LogP contribution is 2.23. The van der Waals surface area contributed by atoms with E-state index in [2.05, 4.69) is 5.18 Å². The molecule has 0 aliphatic rings. The van der Waals surface area contributed by atoms with Crippen LogP contribution in [0.3, 0.4) is 0 Å². The Morgan fingerprint density at radius 3 is 2.29 bits per heavy atom. The zero-order chi connectivity index (χ0) is 13.3. The molecule has 100 valence electrons. The van der Waals surface area contributed by atoms with E-state index in [1.54, 1.807) is 0 Å². The lowest BCUT2D eigenvalue weighted by atomic mass is 10.0. The normalized spacial score (nSPS) is 14.6. The fourth-order valence-corrected chi connectivity index (χ4v) is 1.71. The molecule has 0 bridgehead atoms. The third-order valence-electron chi connectivity index (χ3n) is 2.56. The number of rotatable bonds is 10. The summed E-state index contributed by atoms with van der Waals surface area (Å²) >= 11 is 0. The molecule has 0 aromatic carbocycles. The summed E-state index contributed by atoms with van der Waals surface area (Å²) in [5.74, 6) is -1.37. The van der Waals surface area contributed by atoms with Crippen molar-refractivity contribution in [2.45, 2.75) is 31.8 Å². The van der Waals surface area contributed by atoms with Gasteiger partial charge in [-0.05, 0) is 18.0 Å². The minimum Gasteiger partial charge on any atom is -0.478 e. The summed E-state index contributed by atoms with van der Waals surface area (Å²) < 4.78 is 0. The third kappa shape index (κ3) is 4.03. The number of aliphatic hydroxyl groups is 2.